The van der Waals surface area contributed by atoms with Gasteiger partial charge >= 0.3 is 5.97 Å². The molecule has 0 unspecified atom stereocenters. The molecule has 0 aliphatic heterocycles. The first kappa shape index (κ1) is 12.7. The van der Waals surface area contributed by atoms with Crippen LogP contribution in [0, 0.1) is 0 Å². The second kappa shape index (κ2) is 7.04. The number of carbonyl (C=O) groups is 1. The van der Waals surface area contributed by atoms with Crippen LogP contribution in [0.25, 0.3) is 0 Å². The van der Waals surface area contributed by atoms with Gasteiger partial charge in [-0.3, -0.25) is 4.79 Å². The van der Waals surface area contributed by atoms with Crippen LogP contribution in [0.15, 0.2) is 18.7 Å². The summed E-state index contributed by atoms with van der Waals surface area (Å²) in [5.41, 5.74) is 0. The quantitative estimate of drug-likeness (QED) is 0.521. The molecule has 90 valence electrons. The lowest BCUT2D eigenvalue weighted by Crippen LogP contribution is -2.30. The summed E-state index contributed by atoms with van der Waals surface area (Å²) in [6.07, 6.45) is 8.49. The van der Waals surface area contributed by atoms with E-state index in [-0.39, 0.29) is 5.97 Å². The number of aromatic nitrogens is 2. The third kappa shape index (κ3) is 4.47. The van der Waals surface area contributed by atoms with Gasteiger partial charge < -0.3 is 4.74 Å². The zero-order valence-electron chi connectivity index (χ0n) is 10.2. The van der Waals surface area contributed by atoms with Crippen molar-refractivity contribution in [2.24, 2.45) is 0 Å². The van der Waals surface area contributed by atoms with E-state index in [1.165, 1.54) is 0 Å². The average molecular weight is 225 g/mol. The summed E-state index contributed by atoms with van der Waals surface area (Å²) in [6, 6.07) is 0. The minimum absolute atomic E-state index is 0.113. The minimum atomic E-state index is -0.113. The van der Waals surface area contributed by atoms with Gasteiger partial charge in [0.2, 0.25) is 6.33 Å². The highest BCUT2D eigenvalue weighted by Gasteiger charge is 2.07. The Kier molecular flexibility index (Phi) is 5.61. The standard InChI is InChI=1S/C12H21N2O2/c1-3-6-13-8-9-14(11-13)7-5-12(15)16-10-4-2/h8-9,11H,3-7,10H2,1-2H3/q+1. The van der Waals surface area contributed by atoms with E-state index in [2.05, 4.69) is 11.5 Å². The predicted octanol–water partition coefficient (Wildman–Crippen LogP) is 1.53. The number of imidazole rings is 1. The topological polar surface area (TPSA) is 35.1 Å². The maximum absolute atomic E-state index is 11.3. The lowest BCUT2D eigenvalue weighted by atomic mass is 10.4. The number of hydrogen-bond acceptors (Lipinski definition) is 2. The Hall–Kier alpha value is -1.32. The Bertz CT molecular complexity index is 321. The molecule has 1 heterocycles. The van der Waals surface area contributed by atoms with Gasteiger partial charge in [-0.25, -0.2) is 9.13 Å². The lowest BCUT2D eigenvalue weighted by Gasteiger charge is -2.00. The second-order valence-electron chi connectivity index (χ2n) is 3.86. The fourth-order valence-corrected chi connectivity index (χ4v) is 1.47. The van der Waals surface area contributed by atoms with Crippen molar-refractivity contribution in [1.29, 1.82) is 0 Å². The molecule has 1 aromatic heterocycles. The van der Waals surface area contributed by atoms with Gasteiger partial charge in [0, 0.05) is 0 Å². The zero-order chi connectivity index (χ0) is 11.8. The summed E-state index contributed by atoms with van der Waals surface area (Å²) in [4.78, 5) is 11.3. The smallest absolute Gasteiger partial charge is 0.309 e. The van der Waals surface area contributed by atoms with E-state index in [4.69, 9.17) is 4.74 Å². The molecule has 0 fully saturated rings. The summed E-state index contributed by atoms with van der Waals surface area (Å²) in [5, 5.41) is 0. The Labute approximate surface area is 96.8 Å². The Morgan fingerprint density at radius 3 is 2.88 bits per heavy atom. The first-order valence-corrected chi connectivity index (χ1v) is 5.96. The zero-order valence-corrected chi connectivity index (χ0v) is 10.2. The van der Waals surface area contributed by atoms with Crippen molar-refractivity contribution in [3.63, 3.8) is 0 Å². The van der Waals surface area contributed by atoms with Crippen LogP contribution >= 0.6 is 0 Å². The molecule has 0 amide bonds. The summed E-state index contributed by atoms with van der Waals surface area (Å²) in [6.45, 7) is 6.38. The summed E-state index contributed by atoms with van der Waals surface area (Å²) in [7, 11) is 0. The van der Waals surface area contributed by atoms with Crippen molar-refractivity contribution >= 4 is 5.97 Å². The monoisotopic (exact) mass is 225 g/mol. The van der Waals surface area contributed by atoms with Gasteiger partial charge in [-0.2, -0.15) is 0 Å². The van der Waals surface area contributed by atoms with Crippen molar-refractivity contribution in [1.82, 2.24) is 4.57 Å². The molecular weight excluding hydrogens is 204 g/mol. The van der Waals surface area contributed by atoms with Gasteiger partial charge in [-0.15, -0.1) is 0 Å². The molecule has 0 atom stereocenters. The summed E-state index contributed by atoms with van der Waals surface area (Å²) >= 11 is 0. The van der Waals surface area contributed by atoms with E-state index in [9.17, 15) is 4.79 Å². The fraction of sp³-hybridized carbons (Fsp3) is 0.667. The molecule has 0 N–H and O–H groups in total. The van der Waals surface area contributed by atoms with Crippen molar-refractivity contribution < 1.29 is 14.1 Å². The molecule has 1 rings (SSSR count). The molecular formula is C12H21N2O2+. The van der Waals surface area contributed by atoms with Crippen LogP contribution in [0.2, 0.25) is 0 Å². The Morgan fingerprint density at radius 2 is 2.19 bits per heavy atom. The molecule has 1 aromatic rings. The maximum atomic E-state index is 11.3. The van der Waals surface area contributed by atoms with Gasteiger partial charge in [0.15, 0.2) is 0 Å². The van der Waals surface area contributed by atoms with Crippen molar-refractivity contribution in [3.05, 3.63) is 18.7 Å². The summed E-state index contributed by atoms with van der Waals surface area (Å²) < 4.78 is 9.15. The SMILES string of the molecule is CCCOC(=O)CCn1cc[n+](CCC)c1. The van der Waals surface area contributed by atoms with Crippen molar-refractivity contribution in [2.75, 3.05) is 6.61 Å². The van der Waals surface area contributed by atoms with Gasteiger partial charge in [0.25, 0.3) is 0 Å². The average Bonchev–Trinajstić information content (AvgIpc) is 2.72. The molecule has 0 aromatic carbocycles. The molecule has 0 saturated carbocycles. The third-order valence-electron chi connectivity index (χ3n) is 2.27. The molecule has 16 heavy (non-hydrogen) atoms. The highest BCUT2D eigenvalue weighted by molar-refractivity contribution is 5.69. The molecule has 4 heteroatoms. The highest BCUT2D eigenvalue weighted by atomic mass is 16.5. The van der Waals surface area contributed by atoms with Crippen LogP contribution in [0.3, 0.4) is 0 Å². The number of nitrogens with zero attached hydrogens (tertiary/aromatic N) is 2. The Morgan fingerprint density at radius 1 is 1.38 bits per heavy atom. The first-order chi connectivity index (χ1) is 7.76. The number of esters is 1. The molecule has 0 bridgehead atoms. The first-order valence-electron chi connectivity index (χ1n) is 5.96. The number of rotatable bonds is 7. The fourth-order valence-electron chi connectivity index (χ4n) is 1.47. The highest BCUT2D eigenvalue weighted by Crippen LogP contribution is 1.94. The van der Waals surface area contributed by atoms with E-state index >= 15 is 0 Å². The second-order valence-corrected chi connectivity index (χ2v) is 3.86. The van der Waals surface area contributed by atoms with E-state index in [1.807, 2.05) is 30.2 Å². The van der Waals surface area contributed by atoms with E-state index in [0.29, 0.717) is 19.6 Å². The van der Waals surface area contributed by atoms with Crippen LogP contribution in [0.1, 0.15) is 33.1 Å². The van der Waals surface area contributed by atoms with Crippen LogP contribution in [-0.2, 0) is 22.6 Å². The van der Waals surface area contributed by atoms with Gasteiger partial charge in [0.05, 0.1) is 19.6 Å². The van der Waals surface area contributed by atoms with Crippen molar-refractivity contribution in [3.8, 4) is 0 Å². The normalized spacial score (nSPS) is 10.4. The third-order valence-corrected chi connectivity index (χ3v) is 2.27. The molecule has 0 aliphatic carbocycles. The van der Waals surface area contributed by atoms with Crippen LogP contribution in [0.5, 0.6) is 0 Å². The number of carbonyl (C=O) groups excluding carboxylic acids is 1. The van der Waals surface area contributed by atoms with Gasteiger partial charge in [0.1, 0.15) is 18.9 Å². The van der Waals surface area contributed by atoms with Gasteiger partial charge in [-0.05, 0) is 12.8 Å². The van der Waals surface area contributed by atoms with Crippen LogP contribution in [0.4, 0.5) is 0 Å². The molecule has 0 spiro atoms. The van der Waals surface area contributed by atoms with Crippen molar-refractivity contribution in [2.45, 2.75) is 46.2 Å². The molecule has 0 radical (unpaired) electrons. The molecule has 0 saturated heterocycles. The summed E-state index contributed by atoms with van der Waals surface area (Å²) in [5.74, 6) is -0.113. The lowest BCUT2D eigenvalue weighted by molar-refractivity contribution is -0.696. The predicted molar refractivity (Wildman–Crippen MR) is 60.8 cm³/mol. The van der Waals surface area contributed by atoms with E-state index in [1.54, 1.807) is 0 Å². The van der Waals surface area contributed by atoms with Gasteiger partial charge in [-0.1, -0.05) is 13.8 Å². The number of ether oxygens (including phenoxy) is 1. The number of hydrogen-bond donors (Lipinski definition) is 0. The largest absolute Gasteiger partial charge is 0.466 e. The van der Waals surface area contributed by atoms with E-state index in [0.717, 1.165) is 19.4 Å². The van der Waals surface area contributed by atoms with E-state index < -0.39 is 0 Å². The molecule has 4 nitrogen and oxygen atoms in total. The number of aryl methyl sites for hydroxylation is 2. The minimum Gasteiger partial charge on any atom is -0.466 e. The van der Waals surface area contributed by atoms with Crippen LogP contribution < -0.4 is 4.57 Å². The molecule has 0 aliphatic rings. The van der Waals surface area contributed by atoms with Crippen LogP contribution in [-0.4, -0.2) is 17.1 Å². The Balaban J connectivity index is 2.28. The maximum Gasteiger partial charge on any atom is 0.309 e.